The maximum Gasteiger partial charge on any atom is 0.309 e. The van der Waals surface area contributed by atoms with Gasteiger partial charge in [0, 0.05) is 18.2 Å². The lowest BCUT2D eigenvalue weighted by Gasteiger charge is -2.43. The van der Waals surface area contributed by atoms with Crippen LogP contribution in [0.25, 0.3) is 10.8 Å². The van der Waals surface area contributed by atoms with Gasteiger partial charge in [-0.25, -0.2) is 0 Å². The van der Waals surface area contributed by atoms with Gasteiger partial charge < -0.3 is 9.84 Å². The molecule has 1 heterocycles. The molecule has 4 rings (SSSR count). The number of nitrogens with zero attached hydrogens (tertiary/aromatic N) is 1. The van der Waals surface area contributed by atoms with Gasteiger partial charge in [-0.15, -0.1) is 0 Å². The molecule has 192 valence electrons. The Bertz CT molecular complexity index is 1050. The molecule has 1 aliphatic carbocycles. The van der Waals surface area contributed by atoms with E-state index in [1.807, 2.05) is 6.92 Å². The van der Waals surface area contributed by atoms with Gasteiger partial charge in [0.1, 0.15) is 5.75 Å². The second kappa shape index (κ2) is 10.1. The van der Waals surface area contributed by atoms with E-state index in [-0.39, 0.29) is 12.1 Å². The van der Waals surface area contributed by atoms with Crippen LogP contribution in [-0.4, -0.2) is 34.7 Å². The Morgan fingerprint density at radius 3 is 2.40 bits per heavy atom. The summed E-state index contributed by atoms with van der Waals surface area (Å²) in [4.78, 5) is 14.4. The third kappa shape index (κ3) is 5.53. The molecule has 2 aromatic rings. The Kier molecular flexibility index (Phi) is 7.52. The molecule has 1 saturated carbocycles. The summed E-state index contributed by atoms with van der Waals surface area (Å²) in [5, 5.41) is 12.4. The highest BCUT2D eigenvalue weighted by Crippen LogP contribution is 2.42. The fourth-order valence-electron chi connectivity index (χ4n) is 6.41. The number of ether oxygens (including phenoxy) is 1. The molecule has 1 aliphatic heterocycles. The Morgan fingerprint density at radius 1 is 1.14 bits per heavy atom. The van der Waals surface area contributed by atoms with Gasteiger partial charge in [0.2, 0.25) is 0 Å². The molecule has 2 aromatic carbocycles. The number of benzene rings is 2. The molecule has 0 radical (unpaired) electrons. The number of carboxylic acids is 1. The zero-order valence-electron chi connectivity index (χ0n) is 22.7. The SMILES string of the molecule is CCC1CC(C)(C(=O)O)CCN1Cc1c(OC2CCC(C(C)(C)C)CC2)cc(C)c2ccccc12. The van der Waals surface area contributed by atoms with Crippen LogP contribution in [0.3, 0.4) is 0 Å². The van der Waals surface area contributed by atoms with Gasteiger partial charge in [-0.2, -0.15) is 0 Å². The first-order chi connectivity index (χ1) is 16.5. The molecule has 35 heavy (non-hydrogen) atoms. The molecule has 0 spiro atoms. The Morgan fingerprint density at radius 2 is 1.80 bits per heavy atom. The fraction of sp³-hybridized carbons (Fsp3) is 0.645. The molecule has 1 N–H and O–H groups in total. The fourth-order valence-corrected chi connectivity index (χ4v) is 6.41. The van der Waals surface area contributed by atoms with E-state index in [0.29, 0.717) is 18.3 Å². The van der Waals surface area contributed by atoms with E-state index < -0.39 is 11.4 Å². The summed E-state index contributed by atoms with van der Waals surface area (Å²) in [7, 11) is 0. The third-order valence-electron chi connectivity index (χ3n) is 9.02. The molecule has 2 aliphatic rings. The summed E-state index contributed by atoms with van der Waals surface area (Å²) in [6.45, 7) is 15.0. The van der Waals surface area contributed by atoms with Crippen LogP contribution >= 0.6 is 0 Å². The number of likely N-dealkylation sites (tertiary alicyclic amines) is 1. The monoisotopic (exact) mass is 479 g/mol. The second-order valence-electron chi connectivity index (χ2n) is 12.5. The number of piperidine rings is 1. The maximum atomic E-state index is 11.9. The van der Waals surface area contributed by atoms with Crippen LogP contribution in [0.2, 0.25) is 0 Å². The van der Waals surface area contributed by atoms with Gasteiger partial charge in [-0.1, -0.05) is 52.0 Å². The van der Waals surface area contributed by atoms with Gasteiger partial charge in [-0.3, -0.25) is 9.69 Å². The standard InChI is InChI=1S/C31H45NO3/c1-7-23-19-31(6,29(33)34)16-17-32(23)20-27-26-11-9-8-10-25(26)21(2)18-28(27)35-24-14-12-22(13-15-24)30(3,4)5/h8-11,18,22-24H,7,12-17,19-20H2,1-6H3,(H,33,34). The minimum atomic E-state index is -0.661. The van der Waals surface area contributed by atoms with Crippen molar-refractivity contribution in [2.75, 3.05) is 6.54 Å². The predicted octanol–water partition coefficient (Wildman–Crippen LogP) is 7.60. The molecule has 1 saturated heterocycles. The van der Waals surface area contributed by atoms with Crippen molar-refractivity contribution in [3.05, 3.63) is 41.5 Å². The number of aliphatic carboxylic acids is 1. The largest absolute Gasteiger partial charge is 0.490 e. The van der Waals surface area contributed by atoms with Crippen LogP contribution in [0.4, 0.5) is 0 Å². The minimum Gasteiger partial charge on any atom is -0.490 e. The predicted molar refractivity (Wildman–Crippen MR) is 144 cm³/mol. The zero-order valence-corrected chi connectivity index (χ0v) is 22.7. The molecule has 0 bridgehead atoms. The van der Waals surface area contributed by atoms with Gasteiger partial charge in [-0.05, 0) is 99.1 Å². The highest BCUT2D eigenvalue weighted by Gasteiger charge is 2.41. The molecular weight excluding hydrogens is 434 g/mol. The van der Waals surface area contributed by atoms with Crippen LogP contribution in [-0.2, 0) is 11.3 Å². The summed E-state index contributed by atoms with van der Waals surface area (Å²) >= 11 is 0. The summed E-state index contributed by atoms with van der Waals surface area (Å²) in [6.07, 6.45) is 7.32. The number of hydrogen-bond acceptors (Lipinski definition) is 3. The summed E-state index contributed by atoms with van der Waals surface area (Å²) in [5.74, 6) is 1.13. The van der Waals surface area contributed by atoms with Crippen molar-refractivity contribution in [3.8, 4) is 5.75 Å². The number of hydrogen-bond donors (Lipinski definition) is 1. The van der Waals surface area contributed by atoms with Crippen LogP contribution in [0.5, 0.6) is 5.75 Å². The first-order valence-corrected chi connectivity index (χ1v) is 13.7. The molecule has 4 heteroatoms. The third-order valence-corrected chi connectivity index (χ3v) is 9.02. The second-order valence-corrected chi connectivity index (χ2v) is 12.5. The quantitative estimate of drug-likeness (QED) is 0.463. The van der Waals surface area contributed by atoms with Crippen molar-refractivity contribution in [3.63, 3.8) is 0 Å². The molecule has 2 atom stereocenters. The average Bonchev–Trinajstić information content (AvgIpc) is 2.82. The summed E-state index contributed by atoms with van der Waals surface area (Å²) < 4.78 is 6.81. The molecule has 2 unspecified atom stereocenters. The minimum absolute atomic E-state index is 0.264. The molecule has 2 fully saturated rings. The van der Waals surface area contributed by atoms with E-state index in [4.69, 9.17) is 4.74 Å². The van der Waals surface area contributed by atoms with E-state index in [0.717, 1.165) is 44.0 Å². The van der Waals surface area contributed by atoms with E-state index in [1.54, 1.807) is 0 Å². The van der Waals surface area contributed by atoms with Crippen molar-refractivity contribution in [1.29, 1.82) is 0 Å². The maximum absolute atomic E-state index is 11.9. The number of fused-ring (bicyclic) bond motifs is 1. The molecule has 0 aromatic heterocycles. The average molecular weight is 480 g/mol. The number of carbonyl (C=O) groups is 1. The zero-order chi connectivity index (χ0) is 25.4. The topological polar surface area (TPSA) is 49.8 Å². The van der Waals surface area contributed by atoms with Crippen molar-refractivity contribution in [2.24, 2.45) is 16.7 Å². The van der Waals surface area contributed by atoms with E-state index in [2.05, 4.69) is 69.9 Å². The van der Waals surface area contributed by atoms with Gasteiger partial charge >= 0.3 is 5.97 Å². The molecule has 4 nitrogen and oxygen atoms in total. The summed E-state index contributed by atoms with van der Waals surface area (Å²) in [6, 6.07) is 11.2. The van der Waals surface area contributed by atoms with Gasteiger partial charge in [0.15, 0.2) is 0 Å². The number of aryl methyl sites for hydroxylation is 1. The van der Waals surface area contributed by atoms with E-state index >= 15 is 0 Å². The highest BCUT2D eigenvalue weighted by atomic mass is 16.5. The molecular formula is C31H45NO3. The van der Waals surface area contributed by atoms with Crippen molar-refractivity contribution in [2.45, 2.75) is 105 Å². The lowest BCUT2D eigenvalue weighted by Crippen LogP contribution is -2.48. The van der Waals surface area contributed by atoms with Crippen LogP contribution < -0.4 is 4.74 Å². The van der Waals surface area contributed by atoms with Crippen LogP contribution in [0, 0.1) is 23.7 Å². The smallest absolute Gasteiger partial charge is 0.309 e. The van der Waals surface area contributed by atoms with E-state index in [1.165, 1.54) is 34.7 Å². The Hall–Kier alpha value is -2.07. The first-order valence-electron chi connectivity index (χ1n) is 13.7. The number of carboxylic acid groups (broad SMARTS) is 1. The normalized spacial score (nSPS) is 28.2. The molecule has 0 amide bonds. The summed E-state index contributed by atoms with van der Waals surface area (Å²) in [5.41, 5.74) is 2.26. The van der Waals surface area contributed by atoms with Gasteiger partial charge in [0.05, 0.1) is 11.5 Å². The van der Waals surface area contributed by atoms with Crippen molar-refractivity contribution >= 4 is 16.7 Å². The van der Waals surface area contributed by atoms with E-state index in [9.17, 15) is 9.90 Å². The van der Waals surface area contributed by atoms with Crippen LogP contribution in [0.15, 0.2) is 30.3 Å². The Labute approximate surface area is 212 Å². The van der Waals surface area contributed by atoms with Crippen molar-refractivity contribution in [1.82, 2.24) is 4.90 Å². The van der Waals surface area contributed by atoms with Crippen molar-refractivity contribution < 1.29 is 14.6 Å². The Balaban J connectivity index is 1.61. The number of rotatable bonds is 6. The first kappa shape index (κ1) is 26.0. The lowest BCUT2D eigenvalue weighted by molar-refractivity contribution is -0.152. The highest BCUT2D eigenvalue weighted by molar-refractivity contribution is 5.90. The van der Waals surface area contributed by atoms with Gasteiger partial charge in [0.25, 0.3) is 0 Å². The lowest BCUT2D eigenvalue weighted by atomic mass is 9.72. The van der Waals surface area contributed by atoms with Crippen LogP contribution in [0.1, 0.15) is 90.7 Å².